The fraction of sp³-hybridized carbons (Fsp3) is 0.909. The van der Waals surface area contributed by atoms with E-state index in [1.54, 1.807) is 0 Å². The minimum absolute atomic E-state index is 0.205. The highest BCUT2D eigenvalue weighted by Gasteiger charge is 2.19. The van der Waals surface area contributed by atoms with Crippen molar-refractivity contribution in [2.75, 3.05) is 20.1 Å². The molecule has 3 heteroatoms. The summed E-state index contributed by atoms with van der Waals surface area (Å²) in [6.07, 6.45) is 6.88. The Morgan fingerprint density at radius 3 is 2.71 bits per heavy atom. The van der Waals surface area contributed by atoms with Crippen molar-refractivity contribution in [2.24, 2.45) is 5.92 Å². The van der Waals surface area contributed by atoms with Crippen LogP contribution in [0.15, 0.2) is 0 Å². The zero-order valence-electron chi connectivity index (χ0n) is 9.14. The Labute approximate surface area is 86.6 Å². The van der Waals surface area contributed by atoms with Crippen LogP contribution in [0.1, 0.15) is 38.5 Å². The molecule has 0 aromatic heterocycles. The lowest BCUT2D eigenvalue weighted by Crippen LogP contribution is -2.25. The highest BCUT2D eigenvalue weighted by Crippen LogP contribution is 2.33. The molecule has 0 aromatic carbocycles. The molecule has 1 fully saturated rings. The number of hydrogen-bond donors (Lipinski definition) is 2. The fourth-order valence-corrected chi connectivity index (χ4v) is 1.54. The minimum atomic E-state index is 0.205. The van der Waals surface area contributed by atoms with Crippen LogP contribution in [0.25, 0.3) is 0 Å². The Balaban J connectivity index is 1.81. The maximum atomic E-state index is 11.2. The van der Waals surface area contributed by atoms with Crippen LogP contribution < -0.4 is 10.6 Å². The molecule has 0 spiro atoms. The molecular formula is C11H22N2O. The van der Waals surface area contributed by atoms with Gasteiger partial charge in [-0.3, -0.25) is 4.79 Å². The summed E-state index contributed by atoms with van der Waals surface area (Å²) in [4.78, 5) is 11.2. The van der Waals surface area contributed by atoms with Crippen LogP contribution in [0, 0.1) is 5.92 Å². The molecular weight excluding hydrogens is 176 g/mol. The Morgan fingerprint density at radius 1 is 1.29 bits per heavy atom. The summed E-state index contributed by atoms with van der Waals surface area (Å²) in [5.41, 5.74) is 0. The second-order valence-electron chi connectivity index (χ2n) is 4.14. The van der Waals surface area contributed by atoms with Gasteiger partial charge in [-0.1, -0.05) is 12.8 Å². The van der Waals surface area contributed by atoms with Crippen LogP contribution >= 0.6 is 0 Å². The van der Waals surface area contributed by atoms with Gasteiger partial charge in [0.2, 0.25) is 5.91 Å². The number of rotatable bonds is 8. The Morgan fingerprint density at radius 2 is 2.07 bits per heavy atom. The van der Waals surface area contributed by atoms with Crippen LogP contribution in [0.4, 0.5) is 0 Å². The molecule has 0 bridgehead atoms. The molecule has 1 rings (SSSR count). The van der Waals surface area contributed by atoms with Gasteiger partial charge in [0.1, 0.15) is 0 Å². The monoisotopic (exact) mass is 198 g/mol. The van der Waals surface area contributed by atoms with Gasteiger partial charge in [0.15, 0.2) is 0 Å². The van der Waals surface area contributed by atoms with Gasteiger partial charge in [0, 0.05) is 13.0 Å². The van der Waals surface area contributed by atoms with E-state index in [2.05, 4.69) is 10.6 Å². The summed E-state index contributed by atoms with van der Waals surface area (Å²) in [6, 6.07) is 0. The first-order valence-electron chi connectivity index (χ1n) is 5.74. The summed E-state index contributed by atoms with van der Waals surface area (Å²) >= 11 is 0. The number of amides is 1. The molecule has 0 aliphatic heterocycles. The summed E-state index contributed by atoms with van der Waals surface area (Å²) in [7, 11) is 1.91. The number of carbonyl (C=O) groups is 1. The summed E-state index contributed by atoms with van der Waals surface area (Å²) in [5.74, 6) is 1.19. The van der Waals surface area contributed by atoms with Gasteiger partial charge in [-0.15, -0.1) is 0 Å². The van der Waals surface area contributed by atoms with Crippen LogP contribution in [0.3, 0.4) is 0 Å². The van der Waals surface area contributed by atoms with E-state index in [-0.39, 0.29) is 5.91 Å². The van der Waals surface area contributed by atoms with Gasteiger partial charge in [0.25, 0.3) is 0 Å². The lowest BCUT2D eigenvalue weighted by atomic mass is 10.2. The average molecular weight is 198 g/mol. The lowest BCUT2D eigenvalue weighted by molar-refractivity contribution is -0.121. The summed E-state index contributed by atoms with van der Waals surface area (Å²) < 4.78 is 0. The smallest absolute Gasteiger partial charge is 0.220 e. The minimum Gasteiger partial charge on any atom is -0.356 e. The van der Waals surface area contributed by atoms with E-state index < -0.39 is 0 Å². The average Bonchev–Trinajstić information content (AvgIpc) is 2.97. The third kappa shape index (κ3) is 5.97. The van der Waals surface area contributed by atoms with Gasteiger partial charge in [-0.25, -0.2) is 0 Å². The zero-order chi connectivity index (χ0) is 10.2. The summed E-state index contributed by atoms with van der Waals surface area (Å²) in [5, 5.41) is 5.99. The predicted molar refractivity (Wildman–Crippen MR) is 58.1 cm³/mol. The zero-order valence-corrected chi connectivity index (χ0v) is 9.14. The number of hydrogen-bond acceptors (Lipinski definition) is 2. The van der Waals surface area contributed by atoms with E-state index in [1.807, 2.05) is 7.05 Å². The molecule has 1 aliphatic carbocycles. The van der Waals surface area contributed by atoms with Gasteiger partial charge < -0.3 is 10.6 Å². The molecule has 0 unspecified atom stereocenters. The molecule has 0 heterocycles. The first-order valence-corrected chi connectivity index (χ1v) is 5.74. The number of carbonyl (C=O) groups excluding carboxylic acids is 1. The second kappa shape index (κ2) is 6.82. The molecule has 1 aliphatic rings. The topological polar surface area (TPSA) is 41.1 Å². The van der Waals surface area contributed by atoms with Crippen LogP contribution in [-0.4, -0.2) is 26.0 Å². The van der Waals surface area contributed by atoms with Gasteiger partial charge in [-0.2, -0.15) is 0 Å². The van der Waals surface area contributed by atoms with Gasteiger partial charge >= 0.3 is 0 Å². The molecule has 2 N–H and O–H groups in total. The standard InChI is InChI=1S/C11H22N2O/c1-12-8-3-5-11(14)13-9-2-4-10-6-7-10/h10,12H,2-9H2,1H3,(H,13,14). The van der Waals surface area contributed by atoms with Gasteiger partial charge in [-0.05, 0) is 38.8 Å². The first-order chi connectivity index (χ1) is 6.83. The van der Waals surface area contributed by atoms with Crippen molar-refractivity contribution < 1.29 is 4.79 Å². The molecule has 0 aromatic rings. The Kier molecular flexibility index (Phi) is 5.60. The van der Waals surface area contributed by atoms with Gasteiger partial charge in [0.05, 0.1) is 0 Å². The van der Waals surface area contributed by atoms with Crippen molar-refractivity contribution in [1.29, 1.82) is 0 Å². The third-order valence-electron chi connectivity index (χ3n) is 2.64. The SMILES string of the molecule is CNCCCC(=O)NCCCC1CC1. The summed E-state index contributed by atoms with van der Waals surface area (Å²) in [6.45, 7) is 1.80. The van der Waals surface area contributed by atoms with E-state index in [9.17, 15) is 4.79 Å². The fourth-order valence-electron chi connectivity index (χ4n) is 1.54. The largest absolute Gasteiger partial charge is 0.356 e. The molecule has 0 saturated heterocycles. The highest BCUT2D eigenvalue weighted by molar-refractivity contribution is 5.75. The van der Waals surface area contributed by atoms with Crippen molar-refractivity contribution in [3.05, 3.63) is 0 Å². The molecule has 82 valence electrons. The predicted octanol–water partition coefficient (Wildman–Crippen LogP) is 1.29. The normalized spacial score (nSPS) is 15.5. The second-order valence-corrected chi connectivity index (χ2v) is 4.14. The first kappa shape index (κ1) is 11.5. The van der Waals surface area contributed by atoms with E-state index >= 15 is 0 Å². The van der Waals surface area contributed by atoms with E-state index in [1.165, 1.54) is 19.3 Å². The van der Waals surface area contributed by atoms with Crippen LogP contribution in [-0.2, 0) is 4.79 Å². The Bertz CT molecular complexity index is 167. The maximum Gasteiger partial charge on any atom is 0.220 e. The highest BCUT2D eigenvalue weighted by atomic mass is 16.1. The Hall–Kier alpha value is -0.570. The molecule has 3 nitrogen and oxygen atoms in total. The van der Waals surface area contributed by atoms with E-state index in [0.717, 1.165) is 31.8 Å². The molecule has 0 atom stereocenters. The molecule has 0 radical (unpaired) electrons. The van der Waals surface area contributed by atoms with Crippen molar-refractivity contribution in [3.8, 4) is 0 Å². The third-order valence-corrected chi connectivity index (χ3v) is 2.64. The van der Waals surface area contributed by atoms with E-state index in [0.29, 0.717) is 6.42 Å². The lowest BCUT2D eigenvalue weighted by Gasteiger charge is -2.04. The van der Waals surface area contributed by atoms with Crippen molar-refractivity contribution in [3.63, 3.8) is 0 Å². The van der Waals surface area contributed by atoms with Crippen molar-refractivity contribution in [1.82, 2.24) is 10.6 Å². The van der Waals surface area contributed by atoms with Crippen LogP contribution in [0.5, 0.6) is 0 Å². The van der Waals surface area contributed by atoms with Crippen molar-refractivity contribution in [2.45, 2.75) is 38.5 Å². The quantitative estimate of drug-likeness (QED) is 0.577. The molecule has 14 heavy (non-hydrogen) atoms. The number of nitrogens with one attached hydrogen (secondary N) is 2. The molecule has 1 saturated carbocycles. The van der Waals surface area contributed by atoms with Crippen molar-refractivity contribution >= 4 is 5.91 Å². The van der Waals surface area contributed by atoms with E-state index in [4.69, 9.17) is 0 Å². The van der Waals surface area contributed by atoms with Crippen LogP contribution in [0.2, 0.25) is 0 Å². The maximum absolute atomic E-state index is 11.2. The molecule has 1 amide bonds.